The van der Waals surface area contributed by atoms with E-state index in [1.165, 1.54) is 0 Å². The molecule has 1 unspecified atom stereocenters. The molecule has 0 amide bonds. The van der Waals surface area contributed by atoms with Crippen molar-refractivity contribution in [3.63, 3.8) is 0 Å². The average molecular weight is 436 g/mol. The Labute approximate surface area is 190 Å². The first kappa shape index (κ1) is 23.5. The average Bonchev–Trinajstić information content (AvgIpc) is 3.25. The summed E-state index contributed by atoms with van der Waals surface area (Å²) in [5, 5.41) is 15.3. The van der Waals surface area contributed by atoms with Crippen LogP contribution < -0.4 is 4.74 Å². The molecule has 1 aliphatic rings. The van der Waals surface area contributed by atoms with E-state index in [1.807, 2.05) is 54.4 Å². The Hall–Kier alpha value is -3.12. The minimum atomic E-state index is -0.729. The third-order valence-corrected chi connectivity index (χ3v) is 5.73. The smallest absolute Gasteiger partial charge is 0.303 e. The zero-order valence-corrected chi connectivity index (χ0v) is 18.8. The van der Waals surface area contributed by atoms with Crippen LogP contribution in [0, 0.1) is 0 Å². The second-order valence-corrected chi connectivity index (χ2v) is 8.12. The van der Waals surface area contributed by atoms with Crippen LogP contribution in [0.15, 0.2) is 72.5 Å². The molecule has 1 fully saturated rings. The monoisotopic (exact) mass is 435 g/mol. The number of hydrogen-bond acceptors (Lipinski definition) is 5. The Bertz CT molecular complexity index is 896. The van der Waals surface area contributed by atoms with E-state index in [4.69, 9.17) is 9.84 Å². The zero-order valence-electron chi connectivity index (χ0n) is 18.8. The fourth-order valence-corrected chi connectivity index (χ4v) is 3.95. The lowest BCUT2D eigenvalue weighted by atomic mass is 10.1. The van der Waals surface area contributed by atoms with E-state index in [9.17, 15) is 4.79 Å². The third kappa shape index (κ3) is 7.24. The molecule has 1 heterocycles. The fraction of sp³-hybridized carbons (Fsp3) is 0.385. The number of hydrazone groups is 1. The molecule has 2 aromatic rings. The molecule has 0 aromatic heterocycles. The van der Waals surface area contributed by atoms with Gasteiger partial charge in [-0.05, 0) is 62.5 Å². The molecular formula is C26H33N3O3. The molecule has 0 saturated carbocycles. The quantitative estimate of drug-likeness (QED) is 0.384. The van der Waals surface area contributed by atoms with Gasteiger partial charge in [0.25, 0.3) is 0 Å². The van der Waals surface area contributed by atoms with Crippen molar-refractivity contribution >= 4 is 11.7 Å². The van der Waals surface area contributed by atoms with Crippen molar-refractivity contribution in [1.29, 1.82) is 0 Å². The van der Waals surface area contributed by atoms with Crippen molar-refractivity contribution < 1.29 is 14.6 Å². The highest BCUT2D eigenvalue weighted by Gasteiger charge is 2.24. The molecule has 170 valence electrons. The Morgan fingerprint density at radius 2 is 2.00 bits per heavy atom. The summed E-state index contributed by atoms with van der Waals surface area (Å²) in [4.78, 5) is 13.1. The summed E-state index contributed by atoms with van der Waals surface area (Å²) >= 11 is 0. The third-order valence-electron chi connectivity index (χ3n) is 5.73. The summed E-state index contributed by atoms with van der Waals surface area (Å²) in [5.41, 5.74) is 3.15. The Morgan fingerprint density at radius 3 is 2.69 bits per heavy atom. The predicted molar refractivity (Wildman–Crippen MR) is 128 cm³/mol. The van der Waals surface area contributed by atoms with Crippen LogP contribution in [0.5, 0.6) is 5.75 Å². The van der Waals surface area contributed by atoms with E-state index in [2.05, 4.69) is 28.7 Å². The van der Waals surface area contributed by atoms with Gasteiger partial charge in [0.1, 0.15) is 12.4 Å². The number of aliphatic carboxylic acids is 1. The van der Waals surface area contributed by atoms with Crippen molar-refractivity contribution in [3.8, 4) is 5.75 Å². The number of benzene rings is 2. The minimum Gasteiger partial charge on any atom is -0.492 e. The van der Waals surface area contributed by atoms with Crippen molar-refractivity contribution in [3.05, 3.63) is 78.5 Å². The van der Waals surface area contributed by atoms with Crippen LogP contribution in [0.3, 0.4) is 0 Å². The van der Waals surface area contributed by atoms with Crippen LogP contribution in [0.4, 0.5) is 0 Å². The maximum Gasteiger partial charge on any atom is 0.303 e. The Kier molecular flexibility index (Phi) is 8.87. The second-order valence-electron chi connectivity index (χ2n) is 8.12. The van der Waals surface area contributed by atoms with Crippen molar-refractivity contribution in [2.45, 2.75) is 45.2 Å². The summed E-state index contributed by atoms with van der Waals surface area (Å²) < 4.78 is 6.04. The molecule has 1 saturated heterocycles. The largest absolute Gasteiger partial charge is 0.492 e. The molecule has 2 aromatic carbocycles. The van der Waals surface area contributed by atoms with Gasteiger partial charge in [0.15, 0.2) is 0 Å². The van der Waals surface area contributed by atoms with Gasteiger partial charge in [-0.1, -0.05) is 49.0 Å². The van der Waals surface area contributed by atoms with Gasteiger partial charge in [-0.25, -0.2) is 0 Å². The first-order chi connectivity index (χ1) is 15.5. The van der Waals surface area contributed by atoms with Gasteiger partial charge in [0.2, 0.25) is 0 Å². The van der Waals surface area contributed by atoms with Crippen LogP contribution in [-0.4, -0.2) is 52.4 Å². The standard InChI is InChI=1S/C26H33N3O3/c1-3-29(27-21(2)23-9-5-4-6-10-23)19-22-13-15-25(16-14-22)32-20-24-11-7-17-28(24)18-8-12-26(30)31/h3-6,9-10,13-16,24H,1,7-8,11-12,17-20H2,2H3,(H,30,31)/b27-21+. The van der Waals surface area contributed by atoms with E-state index < -0.39 is 5.97 Å². The van der Waals surface area contributed by atoms with Crippen LogP contribution >= 0.6 is 0 Å². The number of carboxylic acids is 1. The van der Waals surface area contributed by atoms with Gasteiger partial charge in [-0.2, -0.15) is 5.10 Å². The summed E-state index contributed by atoms with van der Waals surface area (Å²) in [7, 11) is 0. The number of likely N-dealkylation sites (tertiary alicyclic amines) is 1. The van der Waals surface area contributed by atoms with Crippen molar-refractivity contribution in [2.75, 3.05) is 19.7 Å². The summed E-state index contributed by atoms with van der Waals surface area (Å²) in [6.45, 7) is 8.99. The van der Waals surface area contributed by atoms with Gasteiger partial charge in [0, 0.05) is 18.7 Å². The van der Waals surface area contributed by atoms with Gasteiger partial charge in [0.05, 0.1) is 12.3 Å². The molecule has 1 atom stereocenters. The molecule has 0 spiro atoms. The summed E-state index contributed by atoms with van der Waals surface area (Å²) in [6, 6.07) is 18.6. The van der Waals surface area contributed by atoms with Gasteiger partial charge in [-0.15, -0.1) is 0 Å². The minimum absolute atomic E-state index is 0.224. The summed E-state index contributed by atoms with van der Waals surface area (Å²) in [5.74, 6) is 0.119. The lowest BCUT2D eigenvalue weighted by Crippen LogP contribution is -2.35. The van der Waals surface area contributed by atoms with E-state index in [1.54, 1.807) is 6.20 Å². The highest BCUT2D eigenvalue weighted by Crippen LogP contribution is 2.20. The van der Waals surface area contributed by atoms with Crippen molar-refractivity contribution in [1.82, 2.24) is 9.91 Å². The molecule has 0 bridgehead atoms. The Balaban J connectivity index is 1.50. The first-order valence-electron chi connectivity index (χ1n) is 11.2. The van der Waals surface area contributed by atoms with E-state index in [0.717, 1.165) is 48.5 Å². The molecule has 1 N–H and O–H groups in total. The van der Waals surface area contributed by atoms with Crippen LogP contribution in [0.25, 0.3) is 0 Å². The number of rotatable bonds is 12. The molecule has 3 rings (SSSR count). The lowest BCUT2D eigenvalue weighted by molar-refractivity contribution is -0.137. The normalized spacial score (nSPS) is 16.7. The zero-order chi connectivity index (χ0) is 22.8. The molecule has 6 nitrogen and oxygen atoms in total. The molecule has 0 radical (unpaired) electrons. The van der Waals surface area contributed by atoms with Crippen LogP contribution in [0.2, 0.25) is 0 Å². The molecular weight excluding hydrogens is 402 g/mol. The topological polar surface area (TPSA) is 65.4 Å². The molecule has 6 heteroatoms. The van der Waals surface area contributed by atoms with Gasteiger partial charge >= 0.3 is 5.97 Å². The second kappa shape index (κ2) is 12.1. The highest BCUT2D eigenvalue weighted by molar-refractivity contribution is 5.98. The number of ether oxygens (including phenoxy) is 1. The van der Waals surface area contributed by atoms with Crippen LogP contribution in [0.1, 0.15) is 43.7 Å². The molecule has 0 aliphatic carbocycles. The Morgan fingerprint density at radius 1 is 1.25 bits per heavy atom. The summed E-state index contributed by atoms with van der Waals surface area (Å²) in [6.07, 6.45) is 4.88. The van der Waals surface area contributed by atoms with E-state index >= 15 is 0 Å². The van der Waals surface area contributed by atoms with Crippen LogP contribution in [-0.2, 0) is 11.3 Å². The maximum absolute atomic E-state index is 10.7. The molecule has 32 heavy (non-hydrogen) atoms. The highest BCUT2D eigenvalue weighted by atomic mass is 16.5. The predicted octanol–water partition coefficient (Wildman–Crippen LogP) is 4.76. The SMILES string of the molecule is C=CN(Cc1ccc(OCC2CCCN2CCCC(=O)O)cc1)/N=C(\C)c1ccccc1. The van der Waals surface area contributed by atoms with Gasteiger partial charge < -0.3 is 9.84 Å². The number of hydrogen-bond donors (Lipinski definition) is 1. The van der Waals surface area contributed by atoms with Crippen molar-refractivity contribution in [2.24, 2.45) is 5.10 Å². The van der Waals surface area contributed by atoms with E-state index in [-0.39, 0.29) is 6.42 Å². The van der Waals surface area contributed by atoms with E-state index in [0.29, 0.717) is 25.6 Å². The number of carboxylic acid groups (broad SMARTS) is 1. The maximum atomic E-state index is 10.7. The number of nitrogens with zero attached hydrogens (tertiary/aromatic N) is 3. The molecule has 1 aliphatic heterocycles. The van der Waals surface area contributed by atoms with Gasteiger partial charge in [-0.3, -0.25) is 14.7 Å². The number of carbonyl (C=O) groups is 1. The first-order valence-corrected chi connectivity index (χ1v) is 11.2. The lowest BCUT2D eigenvalue weighted by Gasteiger charge is -2.24. The fourth-order valence-electron chi connectivity index (χ4n) is 3.95.